The first-order valence-corrected chi connectivity index (χ1v) is 14.1. The van der Waals surface area contributed by atoms with Crippen molar-refractivity contribution in [2.75, 3.05) is 54.2 Å². The molecule has 12 nitrogen and oxygen atoms in total. The number of imide groups is 1. The molecular formula is C32H35N5O7. The second-order valence-corrected chi connectivity index (χ2v) is 10.3. The van der Waals surface area contributed by atoms with E-state index in [0.29, 0.717) is 47.9 Å². The molecule has 0 atom stereocenters. The van der Waals surface area contributed by atoms with Gasteiger partial charge in [0.2, 0.25) is 11.8 Å². The van der Waals surface area contributed by atoms with Gasteiger partial charge in [-0.2, -0.15) is 0 Å². The van der Waals surface area contributed by atoms with E-state index >= 15 is 0 Å². The van der Waals surface area contributed by atoms with E-state index in [9.17, 15) is 24.0 Å². The number of ether oxygens (including phenoxy) is 1. The van der Waals surface area contributed by atoms with Crippen molar-refractivity contribution in [2.24, 2.45) is 0 Å². The second-order valence-electron chi connectivity index (χ2n) is 10.3. The summed E-state index contributed by atoms with van der Waals surface area (Å²) in [5, 5.41) is 17.5. The normalized spacial score (nSPS) is 12.8. The Balaban J connectivity index is 1.42. The smallest absolute Gasteiger partial charge is 0.323 e. The minimum Gasteiger partial charge on any atom is -0.481 e. The number of nitrogens with zero attached hydrogens (tertiary/aromatic N) is 2. The van der Waals surface area contributed by atoms with Crippen LogP contribution in [-0.2, 0) is 25.5 Å². The van der Waals surface area contributed by atoms with Crippen LogP contribution in [0.4, 0.5) is 27.5 Å². The van der Waals surface area contributed by atoms with Crippen LogP contribution in [0.15, 0.2) is 66.7 Å². The molecule has 0 unspecified atom stereocenters. The van der Waals surface area contributed by atoms with Gasteiger partial charge in [-0.3, -0.25) is 24.1 Å². The number of urea groups is 1. The molecule has 44 heavy (non-hydrogen) atoms. The highest BCUT2D eigenvalue weighted by Gasteiger charge is 2.32. The summed E-state index contributed by atoms with van der Waals surface area (Å²) in [7, 11) is 1.57. The summed E-state index contributed by atoms with van der Waals surface area (Å²) < 4.78 is 5.12. The Morgan fingerprint density at radius 3 is 2.34 bits per heavy atom. The molecule has 230 valence electrons. The molecule has 4 N–H and O–H groups in total. The van der Waals surface area contributed by atoms with E-state index in [1.807, 2.05) is 31.2 Å². The molecule has 0 aromatic heterocycles. The first kappa shape index (κ1) is 31.7. The standard InChI is InChI=1S/C32H35N5O7/c1-21-6-3-4-7-26(21)35-32(43)34-23-10-8-22(9-11-23)18-28(38)33-24-12-13-27-25(19-24)31(42)37(16-14-30(40)41)29(39)20-36(27)15-5-17-44-2/h3-4,6-13,19H,5,14-18,20H2,1-2H3,(H,33,38)(H,40,41)(H2,34,35,43). The largest absolute Gasteiger partial charge is 0.481 e. The Morgan fingerprint density at radius 2 is 1.64 bits per heavy atom. The molecule has 5 amide bonds. The lowest BCUT2D eigenvalue weighted by Crippen LogP contribution is -2.41. The van der Waals surface area contributed by atoms with Crippen LogP contribution in [0, 0.1) is 6.92 Å². The molecule has 1 aliphatic heterocycles. The van der Waals surface area contributed by atoms with Crippen molar-refractivity contribution in [2.45, 2.75) is 26.2 Å². The molecule has 3 aromatic carbocycles. The molecule has 12 heteroatoms. The Kier molecular flexibility index (Phi) is 10.7. The van der Waals surface area contributed by atoms with E-state index in [-0.39, 0.29) is 43.4 Å². The fourth-order valence-corrected chi connectivity index (χ4v) is 4.78. The van der Waals surface area contributed by atoms with Gasteiger partial charge >= 0.3 is 12.0 Å². The van der Waals surface area contributed by atoms with Crippen molar-refractivity contribution >= 4 is 52.5 Å². The number of rotatable bonds is 12. The molecular weight excluding hydrogens is 566 g/mol. The zero-order chi connectivity index (χ0) is 31.6. The maximum Gasteiger partial charge on any atom is 0.323 e. The van der Waals surface area contributed by atoms with Crippen LogP contribution < -0.4 is 20.9 Å². The third kappa shape index (κ3) is 8.42. The van der Waals surface area contributed by atoms with Gasteiger partial charge in [0, 0.05) is 43.9 Å². The van der Waals surface area contributed by atoms with Crippen LogP contribution in [0.1, 0.15) is 34.3 Å². The van der Waals surface area contributed by atoms with Gasteiger partial charge in [0.1, 0.15) is 0 Å². The molecule has 3 aromatic rings. The van der Waals surface area contributed by atoms with Crippen molar-refractivity contribution in [1.82, 2.24) is 4.90 Å². The molecule has 1 heterocycles. The first-order valence-electron chi connectivity index (χ1n) is 14.1. The van der Waals surface area contributed by atoms with Crippen molar-refractivity contribution in [3.05, 3.63) is 83.4 Å². The van der Waals surface area contributed by atoms with E-state index in [2.05, 4.69) is 16.0 Å². The van der Waals surface area contributed by atoms with Crippen LogP contribution in [0.2, 0.25) is 0 Å². The maximum atomic E-state index is 13.4. The summed E-state index contributed by atoms with van der Waals surface area (Å²) >= 11 is 0. The van der Waals surface area contributed by atoms with Gasteiger partial charge in [-0.25, -0.2) is 4.79 Å². The predicted octanol–water partition coefficient (Wildman–Crippen LogP) is 4.12. The summed E-state index contributed by atoms with van der Waals surface area (Å²) in [6, 6.07) is 18.7. The monoisotopic (exact) mass is 601 g/mol. The Labute approximate surface area is 255 Å². The van der Waals surface area contributed by atoms with Crippen LogP contribution in [-0.4, -0.2) is 73.1 Å². The van der Waals surface area contributed by atoms with Gasteiger partial charge in [-0.15, -0.1) is 0 Å². The summed E-state index contributed by atoms with van der Waals surface area (Å²) in [6.07, 6.45) is 0.266. The average Bonchev–Trinajstić information content (AvgIpc) is 3.07. The van der Waals surface area contributed by atoms with Crippen LogP contribution in [0.3, 0.4) is 0 Å². The second kappa shape index (κ2) is 14.8. The number of para-hydroxylation sites is 1. The lowest BCUT2D eigenvalue weighted by molar-refractivity contribution is -0.137. The summed E-state index contributed by atoms with van der Waals surface area (Å²) in [6.45, 7) is 2.45. The van der Waals surface area contributed by atoms with E-state index in [4.69, 9.17) is 9.84 Å². The first-order chi connectivity index (χ1) is 21.1. The summed E-state index contributed by atoms with van der Waals surface area (Å²) in [5.74, 6) is -2.57. The molecule has 1 aliphatic rings. The van der Waals surface area contributed by atoms with E-state index in [1.165, 1.54) is 6.07 Å². The molecule has 0 radical (unpaired) electrons. The van der Waals surface area contributed by atoms with E-state index in [1.54, 1.807) is 48.4 Å². The molecule has 0 fully saturated rings. The van der Waals surface area contributed by atoms with Gasteiger partial charge in [0.05, 0.1) is 30.6 Å². The number of carboxylic acids is 1. The third-order valence-corrected chi connectivity index (χ3v) is 7.02. The van der Waals surface area contributed by atoms with Crippen molar-refractivity contribution in [3.8, 4) is 0 Å². The Morgan fingerprint density at radius 1 is 0.909 bits per heavy atom. The number of aryl methyl sites for hydroxylation is 1. The van der Waals surface area contributed by atoms with Crippen LogP contribution in [0.5, 0.6) is 0 Å². The van der Waals surface area contributed by atoms with Crippen molar-refractivity contribution in [3.63, 3.8) is 0 Å². The lowest BCUT2D eigenvalue weighted by Gasteiger charge is -2.23. The Hall–Kier alpha value is -5.23. The molecule has 0 saturated carbocycles. The number of amides is 5. The van der Waals surface area contributed by atoms with Gasteiger partial charge in [-0.1, -0.05) is 30.3 Å². The lowest BCUT2D eigenvalue weighted by atomic mass is 10.1. The van der Waals surface area contributed by atoms with Crippen LogP contribution >= 0.6 is 0 Å². The molecule has 4 rings (SSSR count). The Bertz CT molecular complexity index is 1540. The summed E-state index contributed by atoms with van der Waals surface area (Å²) in [4.78, 5) is 65.5. The number of aliphatic carboxylic acids is 1. The van der Waals surface area contributed by atoms with Gasteiger partial charge < -0.3 is 30.7 Å². The fraction of sp³-hybridized carbons (Fsp3) is 0.281. The van der Waals surface area contributed by atoms with Crippen molar-refractivity contribution in [1.29, 1.82) is 0 Å². The topological polar surface area (TPSA) is 157 Å². The summed E-state index contributed by atoms with van der Waals surface area (Å²) in [5.41, 5.74) is 3.97. The highest BCUT2D eigenvalue weighted by atomic mass is 16.5. The van der Waals surface area contributed by atoms with Gasteiger partial charge in [-0.05, 0) is 60.9 Å². The number of hydrogen-bond donors (Lipinski definition) is 4. The van der Waals surface area contributed by atoms with Gasteiger partial charge in [0.25, 0.3) is 5.91 Å². The number of carbonyl (C=O) groups excluding carboxylic acids is 4. The molecule has 0 spiro atoms. The number of hydrogen-bond acceptors (Lipinski definition) is 7. The van der Waals surface area contributed by atoms with Crippen LogP contribution in [0.25, 0.3) is 0 Å². The number of anilines is 4. The highest BCUT2D eigenvalue weighted by molar-refractivity contribution is 6.12. The quantitative estimate of drug-likeness (QED) is 0.178. The van der Waals surface area contributed by atoms with Gasteiger partial charge in [0.15, 0.2) is 0 Å². The highest BCUT2D eigenvalue weighted by Crippen LogP contribution is 2.29. The predicted molar refractivity (Wildman–Crippen MR) is 166 cm³/mol. The maximum absolute atomic E-state index is 13.4. The minimum absolute atomic E-state index is 0.0348. The number of carboxylic acid groups (broad SMARTS) is 1. The number of nitrogens with one attached hydrogen (secondary N) is 3. The molecule has 0 saturated heterocycles. The van der Waals surface area contributed by atoms with E-state index < -0.39 is 17.8 Å². The zero-order valence-corrected chi connectivity index (χ0v) is 24.6. The number of methoxy groups -OCH3 is 1. The minimum atomic E-state index is -1.12. The SMILES string of the molecule is COCCCN1CC(=O)N(CCC(=O)O)C(=O)c2cc(NC(=O)Cc3ccc(NC(=O)Nc4ccccc4C)cc3)ccc21. The van der Waals surface area contributed by atoms with Crippen molar-refractivity contribution < 1.29 is 33.8 Å². The number of carbonyl (C=O) groups is 5. The zero-order valence-electron chi connectivity index (χ0n) is 24.6. The number of fused-ring (bicyclic) bond motifs is 1. The molecule has 0 aliphatic carbocycles. The number of benzene rings is 3. The fourth-order valence-electron chi connectivity index (χ4n) is 4.78. The average molecular weight is 602 g/mol. The van der Waals surface area contributed by atoms with E-state index in [0.717, 1.165) is 10.5 Å². The third-order valence-electron chi connectivity index (χ3n) is 7.02. The molecule has 0 bridgehead atoms.